The number of aliphatic hydroxyl groups excluding tert-OH is 8. The van der Waals surface area contributed by atoms with Crippen molar-refractivity contribution in [3.8, 4) is 0 Å². The van der Waals surface area contributed by atoms with Gasteiger partial charge in [-0.15, -0.1) is 0 Å². The normalized spacial score (nSPS) is 44.2. The molecule has 12 N–H and O–H groups in total. The third kappa shape index (κ3) is 19.4. The summed E-state index contributed by atoms with van der Waals surface area (Å²) in [4.78, 5) is 25.0. The van der Waals surface area contributed by atoms with Crippen LogP contribution in [0.15, 0.2) is 85.1 Å². The third-order valence-electron chi connectivity index (χ3n) is 12.0. The highest BCUT2D eigenvalue weighted by molar-refractivity contribution is 5.71. The summed E-state index contributed by atoms with van der Waals surface area (Å²) >= 11 is 0. The van der Waals surface area contributed by atoms with Gasteiger partial charge in [-0.25, -0.2) is 0 Å². The van der Waals surface area contributed by atoms with Crippen LogP contribution < -0.4 is 5.73 Å². The van der Waals surface area contributed by atoms with Gasteiger partial charge in [0.05, 0.1) is 67.1 Å². The molecule has 2 fully saturated rings. The summed E-state index contributed by atoms with van der Waals surface area (Å²) in [6, 6.07) is -1.14. The predicted molar refractivity (Wildman–Crippen MR) is 242 cm³/mol. The lowest BCUT2D eigenvalue weighted by atomic mass is 9.82. The highest BCUT2D eigenvalue weighted by Crippen LogP contribution is 2.38. The van der Waals surface area contributed by atoms with Gasteiger partial charge in [0.15, 0.2) is 12.1 Å². The Morgan fingerprint density at radius 2 is 1.26 bits per heavy atom. The molecular weight excluding hydrogens is 847 g/mol. The molecule has 2 bridgehead atoms. The van der Waals surface area contributed by atoms with E-state index in [1.165, 1.54) is 13.0 Å². The standard InChI is InChI=1S/C47H73NO16.CH4/c1-28-18-15-13-11-9-7-5-6-8-10-12-14-16-20-34(63-46-44(57)41(48)43(56)31(4)62-46)25-38-40(45(58)59)37(53)27-47(60,64-38)26-33(50)24-36(52)35(51)23-22-32(49)19-17-21-39(54)61-30(3)29(2)42(28)55;/h5-16,18,20,28-38,40-44,46,49-53,55-57,60H,17,19,21-27,48H2,1-4H3,(H,58,59);1H4/b6-5+,9-7+,10-8+,13-11+,14-12+,18-15+,20-16+;/t28-,29-,30-,31?,32-,33-,34-,35+,36+,37-,38?,40+,41?,42+,43?,44?,46?,47+;/m0./s1. The molecule has 3 rings (SSSR count). The molecule has 0 radical (unpaired) electrons. The second-order valence-electron chi connectivity index (χ2n) is 17.4. The van der Waals surface area contributed by atoms with E-state index in [-0.39, 0.29) is 57.8 Å². The molecule has 0 aromatic heterocycles. The van der Waals surface area contributed by atoms with Gasteiger partial charge in [0.2, 0.25) is 0 Å². The van der Waals surface area contributed by atoms with E-state index in [0.717, 1.165) is 0 Å². The Morgan fingerprint density at radius 3 is 1.85 bits per heavy atom. The van der Waals surface area contributed by atoms with Gasteiger partial charge in [-0.2, -0.15) is 0 Å². The zero-order valence-electron chi connectivity index (χ0n) is 37.3. The van der Waals surface area contributed by atoms with Gasteiger partial charge < -0.3 is 75.7 Å². The first-order valence-electron chi connectivity index (χ1n) is 22.2. The molecule has 6 unspecified atom stereocenters. The monoisotopic (exact) mass is 924 g/mol. The number of ether oxygens (including phenoxy) is 4. The number of fused-ring (bicyclic) bond motifs is 2. The molecule has 3 aliphatic rings. The number of esters is 1. The van der Waals surface area contributed by atoms with Crippen LogP contribution >= 0.6 is 0 Å². The number of carboxylic acids is 1. The first-order chi connectivity index (χ1) is 30.2. The molecule has 0 aromatic carbocycles. The summed E-state index contributed by atoms with van der Waals surface area (Å²) in [6.45, 7) is 6.92. The molecule has 2 saturated heterocycles. The molecule has 0 saturated carbocycles. The Bertz CT molecular complexity index is 1630. The Morgan fingerprint density at radius 1 is 0.692 bits per heavy atom. The van der Waals surface area contributed by atoms with Crippen molar-refractivity contribution in [2.45, 2.75) is 184 Å². The topological polar surface area (TPSA) is 299 Å². The Labute approximate surface area is 383 Å². The van der Waals surface area contributed by atoms with E-state index in [9.17, 15) is 60.7 Å². The van der Waals surface area contributed by atoms with Crippen LogP contribution in [0.1, 0.15) is 92.9 Å². The molecule has 17 nitrogen and oxygen atoms in total. The number of allylic oxidation sites excluding steroid dienone is 12. The van der Waals surface area contributed by atoms with E-state index >= 15 is 0 Å². The predicted octanol–water partition coefficient (Wildman–Crippen LogP) is 2.38. The molecule has 18 atom stereocenters. The number of aliphatic hydroxyl groups is 9. The maximum Gasteiger partial charge on any atom is 0.311 e. The quantitative estimate of drug-likeness (QED) is 0.181. The number of nitrogens with two attached hydrogens (primary N) is 1. The fourth-order valence-electron chi connectivity index (χ4n) is 7.90. The van der Waals surface area contributed by atoms with Gasteiger partial charge in [0, 0.05) is 43.9 Å². The summed E-state index contributed by atoms with van der Waals surface area (Å²) in [6.07, 6.45) is 7.41. The van der Waals surface area contributed by atoms with Crippen molar-refractivity contribution in [1.29, 1.82) is 0 Å². The number of hydrogen-bond donors (Lipinski definition) is 11. The van der Waals surface area contributed by atoms with Crippen molar-refractivity contribution in [3.63, 3.8) is 0 Å². The third-order valence-corrected chi connectivity index (χ3v) is 12.0. The number of hydrogen-bond acceptors (Lipinski definition) is 16. The highest BCUT2D eigenvalue weighted by Gasteiger charge is 2.51. The zero-order chi connectivity index (χ0) is 47.6. The summed E-state index contributed by atoms with van der Waals surface area (Å²) in [7, 11) is 0. The van der Waals surface area contributed by atoms with Gasteiger partial charge in [0.25, 0.3) is 0 Å². The summed E-state index contributed by atoms with van der Waals surface area (Å²) < 4.78 is 23.3. The van der Waals surface area contributed by atoms with Gasteiger partial charge in [-0.1, -0.05) is 106 Å². The molecule has 17 heteroatoms. The van der Waals surface area contributed by atoms with Crippen molar-refractivity contribution in [1.82, 2.24) is 0 Å². The van der Waals surface area contributed by atoms with E-state index < -0.39 is 128 Å². The zero-order valence-corrected chi connectivity index (χ0v) is 37.3. The number of carbonyl (C=O) groups excluding carboxylic acids is 1. The number of rotatable bonds is 3. The second kappa shape index (κ2) is 28.7. The van der Waals surface area contributed by atoms with Gasteiger partial charge in [0.1, 0.15) is 18.1 Å². The van der Waals surface area contributed by atoms with Crippen LogP contribution in [0.4, 0.5) is 0 Å². The van der Waals surface area contributed by atoms with Crippen LogP contribution in [0, 0.1) is 17.8 Å². The molecule has 0 aromatic rings. The number of cyclic esters (lactones) is 1. The summed E-state index contributed by atoms with van der Waals surface area (Å²) in [5.41, 5.74) is 6.02. The highest BCUT2D eigenvalue weighted by atomic mass is 16.7. The maximum absolute atomic E-state index is 12.6. The van der Waals surface area contributed by atoms with Crippen molar-refractivity contribution < 1.29 is 79.6 Å². The van der Waals surface area contributed by atoms with E-state index in [1.807, 2.05) is 49.5 Å². The van der Waals surface area contributed by atoms with Crippen molar-refractivity contribution in [2.24, 2.45) is 23.5 Å². The minimum absolute atomic E-state index is 0. The Balaban J connectivity index is 0.0000145. The van der Waals surface area contributed by atoms with Gasteiger partial charge in [-0.3, -0.25) is 9.59 Å². The molecule has 65 heavy (non-hydrogen) atoms. The first-order valence-corrected chi connectivity index (χ1v) is 22.2. The largest absolute Gasteiger partial charge is 0.481 e. The first kappa shape index (κ1) is 57.7. The molecule has 3 heterocycles. The number of carboxylic acid groups (broad SMARTS) is 1. The second-order valence-corrected chi connectivity index (χ2v) is 17.4. The van der Waals surface area contributed by atoms with Crippen molar-refractivity contribution in [3.05, 3.63) is 85.1 Å². The summed E-state index contributed by atoms with van der Waals surface area (Å²) in [5, 5.41) is 108. The van der Waals surface area contributed by atoms with E-state index in [4.69, 9.17) is 24.7 Å². The fourth-order valence-corrected chi connectivity index (χ4v) is 7.90. The van der Waals surface area contributed by atoms with E-state index in [2.05, 4.69) is 0 Å². The van der Waals surface area contributed by atoms with Crippen molar-refractivity contribution >= 4 is 11.9 Å². The van der Waals surface area contributed by atoms with Crippen molar-refractivity contribution in [2.75, 3.05) is 0 Å². The molecule has 370 valence electrons. The van der Waals surface area contributed by atoms with Crippen LogP contribution in [-0.2, 0) is 28.5 Å². The average Bonchev–Trinajstić information content (AvgIpc) is 3.22. The van der Waals surface area contributed by atoms with Gasteiger partial charge in [-0.05, 0) is 39.5 Å². The minimum atomic E-state index is -2.29. The van der Waals surface area contributed by atoms with Crippen LogP contribution in [0.5, 0.6) is 0 Å². The SMILES string of the molecule is C.CC1OC(O[C@H]2/C=C/C=C/C=C/C=C/C=C/C=C/C=C/[C@H](C)[C@@H](O)[C@@H](C)[C@H](C)OC(=O)CCC[C@H](O)CC[C@@H](O)[C@H](O)C[C@H](O)C[C@]3(O)C[C@H](O)[C@@H](C(=O)O)C(C2)O3)C(O)C(N)C1O. The maximum atomic E-state index is 12.6. The molecule has 3 aliphatic heterocycles. The Kier molecular flexibility index (Phi) is 25.5. The van der Waals surface area contributed by atoms with Crippen LogP contribution in [0.3, 0.4) is 0 Å². The molecule has 0 aliphatic carbocycles. The molecular formula is C48H77NO16. The van der Waals surface area contributed by atoms with Crippen LogP contribution in [0.2, 0.25) is 0 Å². The molecule has 0 spiro atoms. The molecule has 0 amide bonds. The number of carbonyl (C=O) groups is 2. The van der Waals surface area contributed by atoms with Crippen LogP contribution in [-0.4, -0.2) is 154 Å². The lowest BCUT2D eigenvalue weighted by Gasteiger charge is -2.45. The minimum Gasteiger partial charge on any atom is -0.481 e. The van der Waals surface area contributed by atoms with E-state index in [0.29, 0.717) is 0 Å². The Hall–Kier alpha value is -3.40. The van der Waals surface area contributed by atoms with Gasteiger partial charge >= 0.3 is 11.9 Å². The van der Waals surface area contributed by atoms with E-state index in [1.54, 1.807) is 50.3 Å². The lowest BCUT2D eigenvalue weighted by molar-refractivity contribution is -0.308. The fraction of sp³-hybridized carbons (Fsp3) is 0.667. The summed E-state index contributed by atoms with van der Waals surface area (Å²) in [5.74, 6) is -6.36. The smallest absolute Gasteiger partial charge is 0.311 e. The lowest BCUT2D eigenvalue weighted by Crippen LogP contribution is -2.61. The average molecular weight is 924 g/mol. The number of aliphatic carboxylic acids is 1. The van der Waals surface area contributed by atoms with Crippen LogP contribution in [0.25, 0.3) is 0 Å².